The molecule has 3 rings (SSSR count). The second kappa shape index (κ2) is 6.83. The molecule has 8 nitrogen and oxygen atoms in total. The van der Waals surface area contributed by atoms with Crippen LogP contribution < -0.4 is 5.32 Å². The molecule has 1 aliphatic heterocycles. The second-order valence-corrected chi connectivity index (χ2v) is 9.52. The third kappa shape index (κ3) is 3.90. The van der Waals surface area contributed by atoms with Crippen molar-refractivity contribution in [2.75, 3.05) is 16.8 Å². The number of anilines is 1. The van der Waals surface area contributed by atoms with Crippen molar-refractivity contribution in [3.8, 4) is 0 Å². The topological polar surface area (TPSA) is 107 Å². The zero-order valence-electron chi connectivity index (χ0n) is 14.4. The molecule has 136 valence electrons. The highest BCUT2D eigenvalue weighted by Gasteiger charge is 2.31. The lowest BCUT2D eigenvalue weighted by Gasteiger charge is -2.11. The van der Waals surface area contributed by atoms with Crippen molar-refractivity contribution in [3.63, 3.8) is 0 Å². The first kappa shape index (κ1) is 18.0. The molecule has 0 aromatic carbocycles. The Morgan fingerprint density at radius 3 is 2.72 bits per heavy atom. The van der Waals surface area contributed by atoms with Crippen LogP contribution in [0.2, 0.25) is 0 Å². The van der Waals surface area contributed by atoms with Crippen molar-refractivity contribution in [1.82, 2.24) is 20.0 Å². The number of aryl methyl sites for hydroxylation is 2. The first-order valence-corrected chi connectivity index (χ1v) is 10.8. The van der Waals surface area contributed by atoms with E-state index in [9.17, 15) is 13.2 Å². The van der Waals surface area contributed by atoms with Crippen molar-refractivity contribution in [2.45, 2.75) is 46.1 Å². The number of carbonyl (C=O) groups is 1. The molecule has 0 aliphatic carbocycles. The molecule has 1 atom stereocenters. The van der Waals surface area contributed by atoms with Gasteiger partial charge in [0, 0.05) is 11.3 Å². The summed E-state index contributed by atoms with van der Waals surface area (Å²) in [5.74, 6) is 0.136. The Morgan fingerprint density at radius 2 is 2.12 bits per heavy atom. The molecule has 1 amide bonds. The Kier molecular flexibility index (Phi) is 4.92. The van der Waals surface area contributed by atoms with Crippen LogP contribution in [-0.2, 0) is 27.5 Å². The van der Waals surface area contributed by atoms with E-state index in [-0.39, 0.29) is 29.9 Å². The Bertz CT molecular complexity index is 900. The highest BCUT2D eigenvalue weighted by molar-refractivity contribution is 7.91. The van der Waals surface area contributed by atoms with Crippen LogP contribution in [0, 0.1) is 13.8 Å². The highest BCUT2D eigenvalue weighted by atomic mass is 32.2. The Hall–Kier alpha value is -1.81. The summed E-state index contributed by atoms with van der Waals surface area (Å²) in [6.07, 6.45) is 1.53. The van der Waals surface area contributed by atoms with Gasteiger partial charge in [-0.1, -0.05) is 18.3 Å². The third-order valence-corrected chi connectivity index (χ3v) is 7.12. The molecule has 2 aromatic heterocycles. The van der Waals surface area contributed by atoms with Crippen LogP contribution in [-0.4, -0.2) is 45.8 Å². The summed E-state index contributed by atoms with van der Waals surface area (Å²) >= 11 is 1.36. The quantitative estimate of drug-likeness (QED) is 0.837. The predicted molar refractivity (Wildman–Crippen MR) is 95.6 cm³/mol. The second-order valence-electron chi connectivity index (χ2n) is 6.23. The molecule has 0 radical (unpaired) electrons. The van der Waals surface area contributed by atoms with E-state index in [0.29, 0.717) is 11.6 Å². The maximum Gasteiger partial charge on any atom is 0.230 e. The fourth-order valence-electron chi connectivity index (χ4n) is 3.05. The van der Waals surface area contributed by atoms with Crippen LogP contribution in [0.25, 0.3) is 0 Å². The monoisotopic (exact) mass is 383 g/mol. The molecule has 0 spiro atoms. The third-order valence-electron chi connectivity index (χ3n) is 4.38. The lowest BCUT2D eigenvalue weighted by molar-refractivity contribution is -0.115. The Balaban J connectivity index is 1.73. The molecule has 1 fully saturated rings. The predicted octanol–water partition coefficient (Wildman–Crippen LogP) is 1.45. The molecular formula is C15H21N5O3S2. The van der Waals surface area contributed by atoms with Gasteiger partial charge >= 0.3 is 0 Å². The molecule has 3 heterocycles. The highest BCUT2D eigenvalue weighted by Crippen LogP contribution is 2.27. The van der Waals surface area contributed by atoms with Crippen molar-refractivity contribution in [1.29, 1.82) is 0 Å². The summed E-state index contributed by atoms with van der Waals surface area (Å²) in [7, 11) is -2.98. The summed E-state index contributed by atoms with van der Waals surface area (Å²) < 4.78 is 25.2. The first-order chi connectivity index (χ1) is 11.8. The minimum atomic E-state index is -2.98. The maximum absolute atomic E-state index is 12.3. The number of hydrogen-bond donors (Lipinski definition) is 1. The van der Waals surface area contributed by atoms with E-state index in [1.54, 1.807) is 4.68 Å². The van der Waals surface area contributed by atoms with E-state index in [1.807, 2.05) is 20.8 Å². The zero-order chi connectivity index (χ0) is 18.2. The van der Waals surface area contributed by atoms with Gasteiger partial charge in [-0.05, 0) is 26.7 Å². The van der Waals surface area contributed by atoms with E-state index in [0.717, 1.165) is 28.4 Å². The largest absolute Gasteiger partial charge is 0.300 e. The molecule has 10 heteroatoms. The Labute approximate surface area is 150 Å². The van der Waals surface area contributed by atoms with E-state index >= 15 is 0 Å². The van der Waals surface area contributed by atoms with Crippen LogP contribution in [0.3, 0.4) is 0 Å². The Morgan fingerprint density at radius 1 is 1.36 bits per heavy atom. The molecular weight excluding hydrogens is 362 g/mol. The molecule has 2 aromatic rings. The van der Waals surface area contributed by atoms with Gasteiger partial charge in [0.2, 0.25) is 11.0 Å². The van der Waals surface area contributed by atoms with Gasteiger partial charge in [-0.2, -0.15) is 5.10 Å². The number of aromatic nitrogens is 4. The summed E-state index contributed by atoms with van der Waals surface area (Å²) in [5.41, 5.74) is 2.44. The number of sulfone groups is 1. The standard InChI is InChI=1S/C15H21N5O3S2/c1-4-14-17-18-15(24-14)16-13(21)7-12-9(2)19-20(10(12)3)11-5-6-25(22,23)8-11/h11H,4-8H2,1-3H3,(H,16,18,21). The van der Waals surface area contributed by atoms with Crippen LogP contribution in [0.4, 0.5) is 5.13 Å². The van der Waals surface area contributed by atoms with E-state index in [1.165, 1.54) is 11.3 Å². The van der Waals surface area contributed by atoms with Gasteiger partial charge in [-0.25, -0.2) is 8.42 Å². The van der Waals surface area contributed by atoms with E-state index < -0.39 is 9.84 Å². The van der Waals surface area contributed by atoms with Gasteiger partial charge in [-0.15, -0.1) is 10.2 Å². The number of rotatable bonds is 5. The molecule has 1 aliphatic rings. The smallest absolute Gasteiger partial charge is 0.230 e. The fraction of sp³-hybridized carbons (Fsp3) is 0.600. The van der Waals surface area contributed by atoms with Gasteiger partial charge in [0.25, 0.3) is 0 Å². The van der Waals surface area contributed by atoms with Gasteiger partial charge in [0.15, 0.2) is 9.84 Å². The summed E-state index contributed by atoms with van der Waals surface area (Å²) in [4.78, 5) is 12.3. The lowest BCUT2D eigenvalue weighted by atomic mass is 10.1. The van der Waals surface area contributed by atoms with Crippen molar-refractivity contribution in [3.05, 3.63) is 22.0 Å². The zero-order valence-corrected chi connectivity index (χ0v) is 16.1. The van der Waals surface area contributed by atoms with Gasteiger partial charge in [0.1, 0.15) is 5.01 Å². The molecule has 1 unspecified atom stereocenters. The minimum Gasteiger partial charge on any atom is -0.300 e. The van der Waals surface area contributed by atoms with Crippen LogP contribution in [0.5, 0.6) is 0 Å². The SMILES string of the molecule is CCc1nnc(NC(=O)Cc2c(C)nn(C3CCS(=O)(=O)C3)c2C)s1. The fourth-order valence-corrected chi connectivity index (χ4v) is 5.44. The average Bonchev–Trinajstić information content (AvgIpc) is 3.21. The molecule has 1 saturated heterocycles. The number of nitrogens with zero attached hydrogens (tertiary/aromatic N) is 4. The number of nitrogens with one attached hydrogen (secondary N) is 1. The molecule has 25 heavy (non-hydrogen) atoms. The van der Waals surface area contributed by atoms with Crippen molar-refractivity contribution in [2.24, 2.45) is 0 Å². The van der Waals surface area contributed by atoms with Gasteiger partial charge in [-0.3, -0.25) is 9.48 Å². The summed E-state index contributed by atoms with van der Waals surface area (Å²) in [5, 5.41) is 16.5. The van der Waals surface area contributed by atoms with E-state index in [4.69, 9.17) is 0 Å². The van der Waals surface area contributed by atoms with Crippen molar-refractivity contribution >= 4 is 32.2 Å². The molecule has 1 N–H and O–H groups in total. The van der Waals surface area contributed by atoms with Crippen LogP contribution >= 0.6 is 11.3 Å². The van der Waals surface area contributed by atoms with Crippen LogP contribution in [0.15, 0.2) is 0 Å². The molecule has 0 saturated carbocycles. The normalized spacial score (nSPS) is 19.2. The summed E-state index contributed by atoms with van der Waals surface area (Å²) in [6, 6.07) is -0.143. The van der Waals surface area contributed by atoms with Gasteiger partial charge in [0.05, 0.1) is 29.7 Å². The first-order valence-electron chi connectivity index (χ1n) is 8.16. The average molecular weight is 383 g/mol. The van der Waals surface area contributed by atoms with Crippen LogP contribution in [0.1, 0.15) is 41.3 Å². The summed E-state index contributed by atoms with van der Waals surface area (Å²) in [6.45, 7) is 5.71. The van der Waals surface area contributed by atoms with Crippen molar-refractivity contribution < 1.29 is 13.2 Å². The number of amides is 1. The van der Waals surface area contributed by atoms with Gasteiger partial charge < -0.3 is 5.32 Å². The minimum absolute atomic E-state index is 0.116. The number of hydrogen-bond acceptors (Lipinski definition) is 7. The van der Waals surface area contributed by atoms with E-state index in [2.05, 4.69) is 20.6 Å². The molecule has 0 bridgehead atoms. The maximum atomic E-state index is 12.3. The lowest BCUT2D eigenvalue weighted by Crippen LogP contribution is -2.16. The number of carbonyl (C=O) groups excluding carboxylic acids is 1.